The summed E-state index contributed by atoms with van der Waals surface area (Å²) in [6.07, 6.45) is 5.55. The molecule has 0 N–H and O–H groups in total. The maximum absolute atomic E-state index is 5.05. The third kappa shape index (κ3) is 1.22. The van der Waals surface area contributed by atoms with Crippen LogP contribution >= 0.6 is 0 Å². The van der Waals surface area contributed by atoms with E-state index in [1.807, 2.05) is 12.1 Å². The molecule has 0 fully saturated rings. The molecule has 1 aliphatic rings. The van der Waals surface area contributed by atoms with E-state index in [2.05, 4.69) is 24.3 Å². The molecule has 1 unspecified atom stereocenters. The van der Waals surface area contributed by atoms with Gasteiger partial charge in [0.05, 0.1) is 7.11 Å². The smallest absolute Gasteiger partial charge is 0.119 e. The molecular formula is C11H11O. The van der Waals surface area contributed by atoms with Crippen LogP contribution in [-0.2, 0) is 0 Å². The van der Waals surface area contributed by atoms with Crippen molar-refractivity contribution in [2.24, 2.45) is 0 Å². The molecule has 2 rings (SSSR count). The zero-order chi connectivity index (χ0) is 8.39. The minimum absolute atomic E-state index is 0.593. The number of benzene rings is 1. The van der Waals surface area contributed by atoms with Crippen molar-refractivity contribution in [2.75, 3.05) is 7.11 Å². The summed E-state index contributed by atoms with van der Waals surface area (Å²) in [6.45, 7) is 0. The molecule has 1 atom stereocenters. The molecular weight excluding hydrogens is 148 g/mol. The minimum Gasteiger partial charge on any atom is -0.497 e. The molecule has 0 amide bonds. The number of hydrogen-bond donors (Lipinski definition) is 0. The van der Waals surface area contributed by atoms with Crippen molar-refractivity contribution in [3.05, 3.63) is 42.0 Å². The first-order valence-electron chi connectivity index (χ1n) is 4.12. The molecule has 0 bridgehead atoms. The van der Waals surface area contributed by atoms with Crippen LogP contribution in [0.4, 0.5) is 0 Å². The molecule has 1 aromatic rings. The molecule has 0 saturated carbocycles. The minimum atomic E-state index is 0.593. The first-order chi connectivity index (χ1) is 5.90. The Bertz CT molecular complexity index is 284. The van der Waals surface area contributed by atoms with Crippen molar-refractivity contribution < 1.29 is 4.74 Å². The fraction of sp³-hybridized carbons (Fsp3) is 0.273. The van der Waals surface area contributed by atoms with Gasteiger partial charge in [-0.25, -0.2) is 0 Å². The summed E-state index contributed by atoms with van der Waals surface area (Å²) in [7, 11) is 1.67. The molecule has 1 nitrogen and oxygen atoms in total. The number of hydrogen-bond acceptors (Lipinski definition) is 1. The largest absolute Gasteiger partial charge is 0.497 e. The van der Waals surface area contributed by atoms with Crippen LogP contribution in [0.15, 0.2) is 30.4 Å². The first-order valence-corrected chi connectivity index (χ1v) is 4.12. The molecule has 1 aliphatic carbocycles. The van der Waals surface area contributed by atoms with Crippen LogP contribution in [0.2, 0.25) is 0 Å². The van der Waals surface area contributed by atoms with Gasteiger partial charge in [-0.1, -0.05) is 18.2 Å². The summed E-state index contributed by atoms with van der Waals surface area (Å²) >= 11 is 0. The number of rotatable bonds is 2. The number of ether oxygens (including phenoxy) is 1. The van der Waals surface area contributed by atoms with Gasteiger partial charge in [0.15, 0.2) is 0 Å². The summed E-state index contributed by atoms with van der Waals surface area (Å²) in [6, 6.07) is 9.16. The van der Waals surface area contributed by atoms with Gasteiger partial charge in [-0.2, -0.15) is 0 Å². The number of allylic oxidation sites excluding steroid dienone is 2. The van der Waals surface area contributed by atoms with Crippen LogP contribution in [0.25, 0.3) is 0 Å². The Morgan fingerprint density at radius 1 is 1.50 bits per heavy atom. The zero-order valence-electron chi connectivity index (χ0n) is 7.08. The van der Waals surface area contributed by atoms with Crippen LogP contribution in [0.3, 0.4) is 0 Å². The monoisotopic (exact) mass is 159 g/mol. The SMILES string of the molecule is COc1c[c]c(C2C=CC2)cc1. The molecule has 0 aromatic heterocycles. The molecule has 0 heterocycles. The summed E-state index contributed by atoms with van der Waals surface area (Å²) < 4.78 is 5.05. The lowest BCUT2D eigenvalue weighted by molar-refractivity contribution is 0.414. The Balaban J connectivity index is 2.18. The Kier molecular flexibility index (Phi) is 1.86. The lowest BCUT2D eigenvalue weighted by atomic mass is 9.88. The van der Waals surface area contributed by atoms with Crippen LogP contribution in [0.5, 0.6) is 5.75 Å². The van der Waals surface area contributed by atoms with E-state index in [1.165, 1.54) is 5.56 Å². The van der Waals surface area contributed by atoms with Crippen molar-refractivity contribution in [3.8, 4) is 5.75 Å². The van der Waals surface area contributed by atoms with Gasteiger partial charge >= 0.3 is 0 Å². The highest BCUT2D eigenvalue weighted by Gasteiger charge is 2.12. The van der Waals surface area contributed by atoms with E-state index in [4.69, 9.17) is 4.74 Å². The predicted molar refractivity (Wildman–Crippen MR) is 48.3 cm³/mol. The predicted octanol–water partition coefficient (Wildman–Crippen LogP) is 2.54. The van der Waals surface area contributed by atoms with Gasteiger partial charge in [0.1, 0.15) is 5.75 Å². The summed E-state index contributed by atoms with van der Waals surface area (Å²) in [5.74, 6) is 1.47. The van der Waals surface area contributed by atoms with Crippen molar-refractivity contribution in [1.29, 1.82) is 0 Å². The van der Waals surface area contributed by atoms with E-state index in [0.717, 1.165) is 12.2 Å². The average molecular weight is 159 g/mol. The van der Waals surface area contributed by atoms with Gasteiger partial charge in [-0.05, 0) is 30.2 Å². The zero-order valence-corrected chi connectivity index (χ0v) is 7.08. The molecule has 1 radical (unpaired) electrons. The lowest BCUT2D eigenvalue weighted by Gasteiger charge is -2.17. The third-order valence-electron chi connectivity index (χ3n) is 2.20. The van der Waals surface area contributed by atoms with Crippen molar-refractivity contribution in [2.45, 2.75) is 12.3 Å². The maximum Gasteiger partial charge on any atom is 0.119 e. The summed E-state index contributed by atoms with van der Waals surface area (Å²) in [5.41, 5.74) is 1.26. The number of methoxy groups -OCH3 is 1. The van der Waals surface area contributed by atoms with E-state index >= 15 is 0 Å². The highest BCUT2D eigenvalue weighted by atomic mass is 16.5. The van der Waals surface area contributed by atoms with E-state index in [1.54, 1.807) is 7.11 Å². The van der Waals surface area contributed by atoms with E-state index in [0.29, 0.717) is 5.92 Å². The fourth-order valence-corrected chi connectivity index (χ4v) is 1.28. The Morgan fingerprint density at radius 3 is 2.75 bits per heavy atom. The third-order valence-corrected chi connectivity index (χ3v) is 2.20. The molecule has 0 aliphatic heterocycles. The van der Waals surface area contributed by atoms with E-state index in [-0.39, 0.29) is 0 Å². The summed E-state index contributed by atoms with van der Waals surface area (Å²) in [4.78, 5) is 0. The molecule has 1 heteroatoms. The molecule has 0 saturated heterocycles. The van der Waals surface area contributed by atoms with Crippen molar-refractivity contribution >= 4 is 0 Å². The second-order valence-corrected chi connectivity index (χ2v) is 2.95. The lowest BCUT2D eigenvalue weighted by Crippen LogP contribution is -2.00. The second kappa shape index (κ2) is 3.02. The van der Waals surface area contributed by atoms with Crippen LogP contribution < -0.4 is 4.74 Å². The van der Waals surface area contributed by atoms with E-state index in [9.17, 15) is 0 Å². The van der Waals surface area contributed by atoms with Gasteiger partial charge < -0.3 is 4.74 Å². The topological polar surface area (TPSA) is 9.23 Å². The van der Waals surface area contributed by atoms with Crippen molar-refractivity contribution in [3.63, 3.8) is 0 Å². The van der Waals surface area contributed by atoms with Gasteiger partial charge in [0.2, 0.25) is 0 Å². The normalized spacial score (nSPS) is 20.2. The Hall–Kier alpha value is -1.24. The van der Waals surface area contributed by atoms with E-state index < -0.39 is 0 Å². The highest BCUT2D eigenvalue weighted by molar-refractivity contribution is 5.33. The van der Waals surface area contributed by atoms with Crippen molar-refractivity contribution in [1.82, 2.24) is 0 Å². The second-order valence-electron chi connectivity index (χ2n) is 2.95. The molecule has 61 valence electrons. The van der Waals surface area contributed by atoms with Crippen LogP contribution in [0.1, 0.15) is 17.9 Å². The molecule has 0 spiro atoms. The van der Waals surface area contributed by atoms with Crippen LogP contribution in [0, 0.1) is 6.07 Å². The highest BCUT2D eigenvalue weighted by Crippen LogP contribution is 2.29. The quantitative estimate of drug-likeness (QED) is 0.602. The molecule has 1 aromatic carbocycles. The molecule has 12 heavy (non-hydrogen) atoms. The standard InChI is InChI=1S/C11H11O/c1-12-11-7-5-10(6-8-11)9-3-2-4-9/h2-3,5,7-9H,4H2,1H3. The average Bonchev–Trinajstić information content (AvgIpc) is 2.03. The van der Waals surface area contributed by atoms with Crippen LogP contribution in [-0.4, -0.2) is 7.11 Å². The van der Waals surface area contributed by atoms with Gasteiger partial charge in [0.25, 0.3) is 0 Å². The maximum atomic E-state index is 5.05. The van der Waals surface area contributed by atoms with Gasteiger partial charge in [-0.15, -0.1) is 0 Å². The van der Waals surface area contributed by atoms with Gasteiger partial charge in [-0.3, -0.25) is 0 Å². The Labute approximate surface area is 72.7 Å². The fourth-order valence-electron chi connectivity index (χ4n) is 1.28. The first kappa shape index (κ1) is 7.41. The summed E-state index contributed by atoms with van der Waals surface area (Å²) in [5, 5.41) is 0. The Morgan fingerprint density at radius 2 is 2.33 bits per heavy atom. The van der Waals surface area contributed by atoms with Gasteiger partial charge in [0, 0.05) is 5.92 Å².